The topological polar surface area (TPSA) is 44.4 Å². The van der Waals surface area contributed by atoms with E-state index in [1.807, 2.05) is 18.2 Å². The molecule has 1 aromatic rings. The molecule has 0 aliphatic carbocycles. The van der Waals surface area contributed by atoms with Gasteiger partial charge >= 0.3 is 0 Å². The Kier molecular flexibility index (Phi) is 5.01. The van der Waals surface area contributed by atoms with Gasteiger partial charge in [-0.2, -0.15) is 0 Å². The molecular formula is C16H25N3O. The van der Waals surface area contributed by atoms with Gasteiger partial charge in [0, 0.05) is 24.5 Å². The van der Waals surface area contributed by atoms with Crippen molar-refractivity contribution in [3.63, 3.8) is 0 Å². The summed E-state index contributed by atoms with van der Waals surface area (Å²) in [6.07, 6.45) is 3.22. The van der Waals surface area contributed by atoms with Gasteiger partial charge in [0.15, 0.2) is 0 Å². The second-order valence-electron chi connectivity index (χ2n) is 5.75. The minimum atomic E-state index is -0.0461. The summed E-state index contributed by atoms with van der Waals surface area (Å²) in [5.74, 6) is 0.0778. The van der Waals surface area contributed by atoms with Crippen LogP contribution in [0.1, 0.15) is 33.1 Å². The van der Waals surface area contributed by atoms with E-state index >= 15 is 0 Å². The first kappa shape index (κ1) is 14.9. The molecule has 1 atom stereocenters. The summed E-state index contributed by atoms with van der Waals surface area (Å²) in [4.78, 5) is 14.4. The zero-order chi connectivity index (χ0) is 14.5. The fourth-order valence-corrected chi connectivity index (χ4v) is 2.41. The lowest BCUT2D eigenvalue weighted by atomic mass is 10.0. The molecule has 2 N–H and O–H groups in total. The molecule has 0 saturated carbocycles. The Bertz CT molecular complexity index is 453. The number of carbonyl (C=O) groups is 1. The molecule has 0 bridgehead atoms. The maximum atomic E-state index is 12.2. The van der Waals surface area contributed by atoms with Crippen LogP contribution in [-0.2, 0) is 4.79 Å². The predicted molar refractivity (Wildman–Crippen MR) is 84.3 cm³/mol. The van der Waals surface area contributed by atoms with Crippen molar-refractivity contribution in [3.8, 4) is 0 Å². The second kappa shape index (κ2) is 6.75. The number of anilines is 2. The van der Waals surface area contributed by atoms with Gasteiger partial charge in [0.2, 0.25) is 5.91 Å². The van der Waals surface area contributed by atoms with E-state index in [1.54, 1.807) is 0 Å². The van der Waals surface area contributed by atoms with Crippen molar-refractivity contribution >= 4 is 17.3 Å². The Hall–Kier alpha value is -1.55. The second-order valence-corrected chi connectivity index (χ2v) is 5.75. The highest BCUT2D eigenvalue weighted by Gasteiger charge is 2.20. The number of nitrogens with one attached hydrogen (secondary N) is 2. The third-order valence-electron chi connectivity index (χ3n) is 3.92. The number of amides is 1. The van der Waals surface area contributed by atoms with Crippen molar-refractivity contribution < 1.29 is 4.79 Å². The number of nitrogens with zero attached hydrogens (tertiary/aromatic N) is 1. The highest BCUT2D eigenvalue weighted by molar-refractivity contribution is 5.95. The molecule has 4 heteroatoms. The number of rotatable bonds is 4. The Morgan fingerprint density at radius 3 is 2.85 bits per heavy atom. The van der Waals surface area contributed by atoms with E-state index in [2.05, 4.69) is 42.5 Å². The molecule has 110 valence electrons. The van der Waals surface area contributed by atoms with E-state index in [0.717, 1.165) is 30.8 Å². The molecule has 0 unspecified atom stereocenters. The van der Waals surface area contributed by atoms with Gasteiger partial charge in [-0.3, -0.25) is 4.79 Å². The first-order valence-electron chi connectivity index (χ1n) is 7.45. The molecule has 1 aliphatic rings. The lowest BCUT2D eigenvalue weighted by Gasteiger charge is -2.25. The zero-order valence-electron chi connectivity index (χ0n) is 12.6. The maximum absolute atomic E-state index is 12.2. The van der Waals surface area contributed by atoms with Crippen molar-refractivity contribution in [1.82, 2.24) is 5.32 Å². The molecule has 1 aliphatic heterocycles. The van der Waals surface area contributed by atoms with E-state index in [0.29, 0.717) is 6.04 Å². The van der Waals surface area contributed by atoms with Gasteiger partial charge < -0.3 is 15.5 Å². The number of benzene rings is 1. The Balaban J connectivity index is 2.02. The number of hydrogen-bond acceptors (Lipinski definition) is 3. The normalized spacial score (nSPS) is 18.9. The minimum Gasteiger partial charge on any atom is -0.372 e. The first-order chi connectivity index (χ1) is 9.58. The van der Waals surface area contributed by atoms with E-state index in [9.17, 15) is 4.79 Å². The fourth-order valence-electron chi connectivity index (χ4n) is 2.41. The van der Waals surface area contributed by atoms with Gasteiger partial charge in [0.25, 0.3) is 0 Å². The average molecular weight is 275 g/mol. The molecule has 1 fully saturated rings. The molecule has 2 rings (SSSR count). The van der Waals surface area contributed by atoms with Crippen molar-refractivity contribution in [2.45, 2.75) is 45.2 Å². The van der Waals surface area contributed by atoms with Crippen LogP contribution >= 0.6 is 0 Å². The monoisotopic (exact) mass is 275 g/mol. The van der Waals surface area contributed by atoms with Crippen molar-refractivity contribution in [2.24, 2.45) is 0 Å². The van der Waals surface area contributed by atoms with Crippen LogP contribution in [0.3, 0.4) is 0 Å². The van der Waals surface area contributed by atoms with Crippen LogP contribution in [0.25, 0.3) is 0 Å². The molecule has 0 aromatic heterocycles. The molecule has 20 heavy (non-hydrogen) atoms. The molecule has 1 amide bonds. The fraction of sp³-hybridized carbons (Fsp3) is 0.562. The highest BCUT2D eigenvalue weighted by atomic mass is 16.2. The van der Waals surface area contributed by atoms with E-state index in [-0.39, 0.29) is 11.9 Å². The number of carbonyl (C=O) groups excluding carboxylic acids is 1. The molecule has 1 heterocycles. The summed E-state index contributed by atoms with van der Waals surface area (Å²) < 4.78 is 0. The smallest absolute Gasteiger partial charge is 0.241 e. The minimum absolute atomic E-state index is 0.0461. The standard InChI is InChI=1S/C16H25N3O/c1-12(2)19(3)14-8-6-7-13(11-14)18-16(20)15-9-4-5-10-17-15/h6-8,11-12,15,17H,4-5,9-10H2,1-3H3,(H,18,20)/t15-/m1/s1. The van der Waals surface area contributed by atoms with Gasteiger partial charge in [-0.05, 0) is 51.4 Å². The van der Waals surface area contributed by atoms with Gasteiger partial charge in [-0.1, -0.05) is 12.5 Å². The SMILES string of the molecule is CC(C)N(C)c1cccc(NC(=O)[C@H]2CCCCN2)c1. The molecule has 0 radical (unpaired) electrons. The summed E-state index contributed by atoms with van der Waals surface area (Å²) >= 11 is 0. The Morgan fingerprint density at radius 2 is 2.20 bits per heavy atom. The lowest BCUT2D eigenvalue weighted by molar-refractivity contribution is -0.118. The molecular weight excluding hydrogens is 250 g/mol. The largest absolute Gasteiger partial charge is 0.372 e. The van der Waals surface area contributed by atoms with Crippen LogP contribution < -0.4 is 15.5 Å². The van der Waals surface area contributed by atoms with E-state index in [1.165, 1.54) is 6.42 Å². The summed E-state index contributed by atoms with van der Waals surface area (Å²) in [6.45, 7) is 5.24. The van der Waals surface area contributed by atoms with Crippen LogP contribution in [0, 0.1) is 0 Å². The third kappa shape index (κ3) is 3.73. The van der Waals surface area contributed by atoms with Crippen LogP contribution in [0.15, 0.2) is 24.3 Å². The summed E-state index contributed by atoms with van der Waals surface area (Å²) in [5.41, 5.74) is 1.99. The van der Waals surface area contributed by atoms with Crippen molar-refractivity contribution in [2.75, 3.05) is 23.8 Å². The summed E-state index contributed by atoms with van der Waals surface area (Å²) in [5, 5.41) is 6.29. The van der Waals surface area contributed by atoms with Crippen molar-refractivity contribution in [1.29, 1.82) is 0 Å². The summed E-state index contributed by atoms with van der Waals surface area (Å²) in [7, 11) is 2.06. The number of hydrogen-bond donors (Lipinski definition) is 2. The van der Waals surface area contributed by atoms with E-state index < -0.39 is 0 Å². The average Bonchev–Trinajstić information content (AvgIpc) is 2.47. The van der Waals surface area contributed by atoms with Crippen LogP contribution in [0.5, 0.6) is 0 Å². The van der Waals surface area contributed by atoms with Crippen LogP contribution in [-0.4, -0.2) is 31.6 Å². The Labute approximate surface area is 121 Å². The van der Waals surface area contributed by atoms with Gasteiger partial charge in [0.05, 0.1) is 6.04 Å². The van der Waals surface area contributed by atoms with Gasteiger partial charge in [-0.15, -0.1) is 0 Å². The number of piperidine rings is 1. The zero-order valence-corrected chi connectivity index (χ0v) is 12.6. The van der Waals surface area contributed by atoms with Crippen LogP contribution in [0.4, 0.5) is 11.4 Å². The molecule has 0 spiro atoms. The lowest BCUT2D eigenvalue weighted by Crippen LogP contribution is -2.43. The first-order valence-corrected chi connectivity index (χ1v) is 7.45. The third-order valence-corrected chi connectivity index (χ3v) is 3.92. The quantitative estimate of drug-likeness (QED) is 0.888. The van der Waals surface area contributed by atoms with E-state index in [4.69, 9.17) is 0 Å². The molecule has 4 nitrogen and oxygen atoms in total. The molecule has 1 saturated heterocycles. The maximum Gasteiger partial charge on any atom is 0.241 e. The van der Waals surface area contributed by atoms with Gasteiger partial charge in [0.1, 0.15) is 0 Å². The van der Waals surface area contributed by atoms with Crippen molar-refractivity contribution in [3.05, 3.63) is 24.3 Å². The Morgan fingerprint density at radius 1 is 1.40 bits per heavy atom. The van der Waals surface area contributed by atoms with Gasteiger partial charge in [-0.25, -0.2) is 0 Å². The highest BCUT2D eigenvalue weighted by Crippen LogP contribution is 2.20. The summed E-state index contributed by atoms with van der Waals surface area (Å²) in [6, 6.07) is 8.40. The molecule has 1 aromatic carbocycles. The predicted octanol–water partition coefficient (Wildman–Crippen LogP) is 2.61. The van der Waals surface area contributed by atoms with Crippen LogP contribution in [0.2, 0.25) is 0 Å².